The second-order valence-corrected chi connectivity index (χ2v) is 6.15. The molecule has 7 heteroatoms. The summed E-state index contributed by atoms with van der Waals surface area (Å²) < 4.78 is 0. The van der Waals surface area contributed by atoms with Gasteiger partial charge >= 0.3 is 0 Å². The van der Waals surface area contributed by atoms with E-state index in [0.717, 1.165) is 16.8 Å². The molecule has 1 aromatic heterocycles. The van der Waals surface area contributed by atoms with E-state index >= 15 is 0 Å². The molecular formula is C17H15Cl2N5. The fraction of sp³-hybridized carbons (Fsp3) is 0.118. The van der Waals surface area contributed by atoms with Gasteiger partial charge in [0, 0.05) is 0 Å². The van der Waals surface area contributed by atoms with Crippen molar-refractivity contribution in [3.05, 3.63) is 63.8 Å². The third-order valence-electron chi connectivity index (χ3n) is 3.36. The molecule has 0 aliphatic heterocycles. The number of aromatic nitrogens is 3. The van der Waals surface area contributed by atoms with Crippen molar-refractivity contribution in [3.8, 4) is 0 Å². The molecule has 1 heterocycles. The minimum absolute atomic E-state index is 0.342. The van der Waals surface area contributed by atoms with E-state index in [1.807, 2.05) is 44.2 Å². The van der Waals surface area contributed by atoms with Crippen LogP contribution in [0, 0.1) is 13.8 Å². The molecule has 0 aliphatic rings. The maximum atomic E-state index is 6.32. The number of hydrogen-bond donors (Lipinski definition) is 2. The van der Waals surface area contributed by atoms with Gasteiger partial charge in [-0.05, 0) is 43.2 Å². The van der Waals surface area contributed by atoms with Crippen molar-refractivity contribution in [2.24, 2.45) is 0 Å². The number of anilines is 4. The highest BCUT2D eigenvalue weighted by molar-refractivity contribution is 6.33. The van der Waals surface area contributed by atoms with Gasteiger partial charge in [0.25, 0.3) is 0 Å². The van der Waals surface area contributed by atoms with Gasteiger partial charge in [-0.25, -0.2) is 0 Å². The molecule has 0 saturated carbocycles. The first-order valence-electron chi connectivity index (χ1n) is 7.28. The molecule has 0 radical (unpaired) electrons. The van der Waals surface area contributed by atoms with Crippen LogP contribution in [-0.2, 0) is 0 Å². The highest BCUT2D eigenvalue weighted by Crippen LogP contribution is 2.30. The molecule has 0 bridgehead atoms. The summed E-state index contributed by atoms with van der Waals surface area (Å²) in [6.07, 6.45) is 1.54. The lowest BCUT2D eigenvalue weighted by molar-refractivity contribution is 0.982. The standard InChI is InChI=1S/C17H15Cl2N5/c1-10-7-11(2)16(13(19)8-10)22-15-9-20-24-17(23-15)21-14-6-4-3-5-12(14)18/h3-9H,1-2H3,(H2,21,22,23,24). The Morgan fingerprint density at radius 3 is 2.50 bits per heavy atom. The minimum atomic E-state index is 0.342. The number of rotatable bonds is 4. The van der Waals surface area contributed by atoms with E-state index in [-0.39, 0.29) is 0 Å². The molecule has 0 saturated heterocycles. The Morgan fingerprint density at radius 1 is 0.958 bits per heavy atom. The van der Waals surface area contributed by atoms with Crippen LogP contribution in [0.25, 0.3) is 0 Å². The molecule has 0 spiro atoms. The minimum Gasteiger partial charge on any atom is -0.337 e. The van der Waals surface area contributed by atoms with Crippen molar-refractivity contribution in [3.63, 3.8) is 0 Å². The normalized spacial score (nSPS) is 10.5. The number of nitrogens with one attached hydrogen (secondary N) is 2. The second-order valence-electron chi connectivity index (χ2n) is 5.33. The molecule has 122 valence electrons. The highest BCUT2D eigenvalue weighted by atomic mass is 35.5. The Bertz CT molecular complexity index is 859. The van der Waals surface area contributed by atoms with Crippen LogP contribution >= 0.6 is 23.2 Å². The zero-order valence-corrected chi connectivity index (χ0v) is 14.7. The Balaban J connectivity index is 1.85. The van der Waals surface area contributed by atoms with Gasteiger partial charge in [-0.3, -0.25) is 0 Å². The van der Waals surface area contributed by atoms with Crippen LogP contribution in [0.15, 0.2) is 42.6 Å². The van der Waals surface area contributed by atoms with Gasteiger partial charge in [0.15, 0.2) is 5.82 Å². The third-order valence-corrected chi connectivity index (χ3v) is 3.99. The Labute approximate surface area is 150 Å². The fourth-order valence-corrected chi connectivity index (χ4v) is 2.85. The third kappa shape index (κ3) is 3.75. The molecule has 3 aromatic rings. The summed E-state index contributed by atoms with van der Waals surface area (Å²) in [4.78, 5) is 4.40. The van der Waals surface area contributed by atoms with E-state index in [4.69, 9.17) is 23.2 Å². The van der Waals surface area contributed by atoms with Gasteiger partial charge in [-0.1, -0.05) is 41.4 Å². The Kier molecular flexibility index (Phi) is 4.83. The monoisotopic (exact) mass is 359 g/mol. The number of para-hydroxylation sites is 1. The number of aryl methyl sites for hydroxylation is 2. The lowest BCUT2D eigenvalue weighted by Crippen LogP contribution is -2.03. The van der Waals surface area contributed by atoms with E-state index in [1.165, 1.54) is 6.20 Å². The molecule has 0 fully saturated rings. The predicted octanol–water partition coefficient (Wildman–Crippen LogP) is 5.28. The lowest BCUT2D eigenvalue weighted by Gasteiger charge is -2.12. The Hall–Kier alpha value is -2.37. The zero-order chi connectivity index (χ0) is 17.1. The van der Waals surface area contributed by atoms with Crippen LogP contribution in [0.2, 0.25) is 10.0 Å². The van der Waals surface area contributed by atoms with Crippen LogP contribution in [-0.4, -0.2) is 15.2 Å². The van der Waals surface area contributed by atoms with E-state index in [9.17, 15) is 0 Å². The van der Waals surface area contributed by atoms with Gasteiger partial charge in [0.2, 0.25) is 5.95 Å². The number of hydrogen-bond acceptors (Lipinski definition) is 5. The van der Waals surface area contributed by atoms with Gasteiger partial charge in [-0.2, -0.15) is 10.1 Å². The van der Waals surface area contributed by atoms with Gasteiger partial charge in [0.1, 0.15) is 0 Å². The van der Waals surface area contributed by atoms with Crippen molar-refractivity contribution < 1.29 is 0 Å². The van der Waals surface area contributed by atoms with Gasteiger partial charge in [-0.15, -0.1) is 5.10 Å². The van der Waals surface area contributed by atoms with Crippen molar-refractivity contribution in [2.45, 2.75) is 13.8 Å². The molecule has 2 aromatic carbocycles. The van der Waals surface area contributed by atoms with Gasteiger partial charge in [0.05, 0.1) is 27.6 Å². The molecule has 0 unspecified atom stereocenters. The molecule has 5 nitrogen and oxygen atoms in total. The van der Waals surface area contributed by atoms with E-state index in [2.05, 4.69) is 25.8 Å². The molecule has 2 N–H and O–H groups in total. The number of benzene rings is 2. The first-order chi connectivity index (χ1) is 11.5. The smallest absolute Gasteiger partial charge is 0.249 e. The molecule has 24 heavy (non-hydrogen) atoms. The summed E-state index contributed by atoms with van der Waals surface area (Å²) in [5, 5.41) is 15.4. The van der Waals surface area contributed by atoms with Crippen molar-refractivity contribution >= 4 is 46.3 Å². The number of nitrogens with zero attached hydrogens (tertiary/aromatic N) is 3. The SMILES string of the molecule is Cc1cc(C)c(Nc2cnnc(Nc3ccccc3Cl)n2)c(Cl)c1. The highest BCUT2D eigenvalue weighted by Gasteiger charge is 2.09. The van der Waals surface area contributed by atoms with Crippen molar-refractivity contribution in [1.82, 2.24) is 15.2 Å². The molecule has 3 rings (SSSR count). The van der Waals surface area contributed by atoms with Crippen molar-refractivity contribution in [1.29, 1.82) is 0 Å². The van der Waals surface area contributed by atoms with Crippen LogP contribution in [0.3, 0.4) is 0 Å². The number of halogens is 2. The van der Waals surface area contributed by atoms with E-state index in [0.29, 0.717) is 27.5 Å². The topological polar surface area (TPSA) is 62.7 Å². The maximum absolute atomic E-state index is 6.32. The fourth-order valence-electron chi connectivity index (χ4n) is 2.30. The zero-order valence-electron chi connectivity index (χ0n) is 13.1. The first kappa shape index (κ1) is 16.5. The summed E-state index contributed by atoms with van der Waals surface area (Å²) in [7, 11) is 0. The maximum Gasteiger partial charge on any atom is 0.249 e. The average molecular weight is 360 g/mol. The van der Waals surface area contributed by atoms with Crippen LogP contribution in [0.4, 0.5) is 23.1 Å². The van der Waals surface area contributed by atoms with Crippen LogP contribution in [0.1, 0.15) is 11.1 Å². The molecule has 0 amide bonds. The lowest BCUT2D eigenvalue weighted by atomic mass is 10.1. The molecule has 0 atom stereocenters. The summed E-state index contributed by atoms with van der Waals surface area (Å²) in [5.41, 5.74) is 3.64. The van der Waals surface area contributed by atoms with Crippen LogP contribution in [0.5, 0.6) is 0 Å². The van der Waals surface area contributed by atoms with E-state index in [1.54, 1.807) is 6.07 Å². The summed E-state index contributed by atoms with van der Waals surface area (Å²) in [6, 6.07) is 11.3. The summed E-state index contributed by atoms with van der Waals surface area (Å²) >= 11 is 12.4. The Morgan fingerprint density at radius 2 is 1.75 bits per heavy atom. The molecule has 0 aliphatic carbocycles. The largest absolute Gasteiger partial charge is 0.337 e. The second kappa shape index (κ2) is 7.03. The average Bonchev–Trinajstić information content (AvgIpc) is 2.53. The summed E-state index contributed by atoms with van der Waals surface area (Å²) in [6.45, 7) is 3.99. The van der Waals surface area contributed by atoms with Gasteiger partial charge < -0.3 is 10.6 Å². The van der Waals surface area contributed by atoms with E-state index < -0.39 is 0 Å². The molecular weight excluding hydrogens is 345 g/mol. The van der Waals surface area contributed by atoms with Crippen molar-refractivity contribution in [2.75, 3.05) is 10.6 Å². The summed E-state index contributed by atoms with van der Waals surface area (Å²) in [5.74, 6) is 0.877. The predicted molar refractivity (Wildman–Crippen MR) is 98.8 cm³/mol. The van der Waals surface area contributed by atoms with Crippen LogP contribution < -0.4 is 10.6 Å². The first-order valence-corrected chi connectivity index (χ1v) is 8.03. The quantitative estimate of drug-likeness (QED) is 0.663.